The highest BCUT2D eigenvalue weighted by atomic mass is 19.1. The van der Waals surface area contributed by atoms with Gasteiger partial charge in [0.2, 0.25) is 0 Å². The van der Waals surface area contributed by atoms with Gasteiger partial charge in [0.25, 0.3) is 0 Å². The van der Waals surface area contributed by atoms with Crippen LogP contribution in [0.2, 0.25) is 0 Å². The molecule has 0 amide bonds. The van der Waals surface area contributed by atoms with Crippen LogP contribution in [0.25, 0.3) is 0 Å². The molecular weight excluding hydrogens is 359 g/mol. The molecule has 0 aromatic heterocycles. The maximum Gasteiger partial charge on any atom is 0.186 e. The van der Waals surface area contributed by atoms with Crippen molar-refractivity contribution < 1.29 is 18.6 Å². The Morgan fingerprint density at radius 3 is 2.46 bits per heavy atom. The summed E-state index contributed by atoms with van der Waals surface area (Å²) >= 11 is 0. The summed E-state index contributed by atoms with van der Waals surface area (Å²) in [5.41, 5.74) is 1.83. The van der Waals surface area contributed by atoms with Crippen molar-refractivity contribution in [1.29, 1.82) is 0 Å². The van der Waals surface area contributed by atoms with Crippen molar-refractivity contribution in [1.82, 2.24) is 4.90 Å². The number of anilines is 1. The van der Waals surface area contributed by atoms with E-state index in [1.807, 2.05) is 42.5 Å². The topological polar surface area (TPSA) is 37.5 Å². The number of piperazine rings is 1. The summed E-state index contributed by atoms with van der Waals surface area (Å²) in [7, 11) is 0. The highest BCUT2D eigenvalue weighted by molar-refractivity contribution is 5.48. The summed E-state index contributed by atoms with van der Waals surface area (Å²) in [6.07, 6.45) is -0.0947. The van der Waals surface area contributed by atoms with Crippen molar-refractivity contribution in [3.63, 3.8) is 0 Å². The first-order valence-electron chi connectivity index (χ1n) is 9.96. The van der Waals surface area contributed by atoms with Gasteiger partial charge in [0.1, 0.15) is 18.0 Å². The third-order valence-electron chi connectivity index (χ3n) is 5.87. The summed E-state index contributed by atoms with van der Waals surface area (Å²) in [6.45, 7) is 4.52. The molecule has 0 spiro atoms. The van der Waals surface area contributed by atoms with Crippen LogP contribution in [0.1, 0.15) is 5.56 Å². The van der Waals surface area contributed by atoms with Gasteiger partial charge in [-0.2, -0.15) is 0 Å². The highest BCUT2D eigenvalue weighted by Crippen LogP contribution is 2.38. The fourth-order valence-corrected chi connectivity index (χ4v) is 4.26. The summed E-state index contributed by atoms with van der Waals surface area (Å²) in [4.78, 5) is 4.53. The number of epoxide rings is 1. The van der Waals surface area contributed by atoms with Crippen molar-refractivity contribution in [2.75, 3.05) is 37.7 Å². The van der Waals surface area contributed by atoms with Crippen LogP contribution in [-0.4, -0.2) is 62.2 Å². The Hall–Kier alpha value is -1.99. The van der Waals surface area contributed by atoms with E-state index in [1.165, 1.54) is 6.07 Å². The number of hydrogen-bond acceptors (Lipinski definition) is 5. The molecule has 5 rings (SSSR count). The Bertz CT molecular complexity index is 797. The van der Waals surface area contributed by atoms with Gasteiger partial charge in [0.05, 0.1) is 24.9 Å². The zero-order chi connectivity index (χ0) is 18.9. The minimum absolute atomic E-state index is 0.0204. The Balaban J connectivity index is 1.12. The van der Waals surface area contributed by atoms with Crippen LogP contribution in [0.4, 0.5) is 10.1 Å². The van der Waals surface area contributed by atoms with Crippen molar-refractivity contribution in [2.45, 2.75) is 31.1 Å². The molecule has 0 saturated carbocycles. The zero-order valence-corrected chi connectivity index (χ0v) is 15.7. The number of rotatable bonds is 5. The maximum atomic E-state index is 14.0. The van der Waals surface area contributed by atoms with E-state index >= 15 is 0 Å². The Morgan fingerprint density at radius 1 is 0.929 bits per heavy atom. The third-order valence-corrected chi connectivity index (χ3v) is 5.87. The molecular formula is C22H25FN2O3. The maximum absolute atomic E-state index is 14.0. The minimum Gasteiger partial charge on any atom is -0.367 e. The molecule has 0 radical (unpaired) electrons. The molecule has 0 unspecified atom stereocenters. The van der Waals surface area contributed by atoms with Crippen LogP contribution in [0.5, 0.6) is 0 Å². The number of benzene rings is 2. The highest BCUT2D eigenvalue weighted by Gasteiger charge is 2.56. The Kier molecular flexibility index (Phi) is 5.03. The average molecular weight is 384 g/mol. The average Bonchev–Trinajstić information content (AvgIpc) is 3.55. The lowest BCUT2D eigenvalue weighted by Crippen LogP contribution is -2.56. The van der Waals surface area contributed by atoms with E-state index in [0.29, 0.717) is 18.9 Å². The zero-order valence-electron chi connectivity index (χ0n) is 15.7. The van der Waals surface area contributed by atoms with Crippen LogP contribution in [0.3, 0.4) is 0 Å². The van der Waals surface area contributed by atoms with E-state index in [1.54, 1.807) is 6.07 Å². The smallest absolute Gasteiger partial charge is 0.186 e. The summed E-state index contributed by atoms with van der Waals surface area (Å²) < 4.78 is 31.9. The van der Waals surface area contributed by atoms with E-state index in [-0.39, 0.29) is 30.4 Å². The number of ether oxygens (including phenoxy) is 3. The van der Waals surface area contributed by atoms with Gasteiger partial charge in [-0.1, -0.05) is 42.5 Å². The van der Waals surface area contributed by atoms with Gasteiger partial charge in [-0.15, -0.1) is 0 Å². The predicted molar refractivity (Wildman–Crippen MR) is 104 cm³/mol. The number of nitrogens with zero attached hydrogens (tertiary/aromatic N) is 2. The van der Waals surface area contributed by atoms with Crippen LogP contribution in [0, 0.1) is 5.82 Å². The molecule has 3 saturated heterocycles. The van der Waals surface area contributed by atoms with Crippen LogP contribution >= 0.6 is 0 Å². The first-order chi connectivity index (χ1) is 13.8. The number of fused-ring (bicyclic) bond motifs is 1. The monoisotopic (exact) mass is 384 g/mol. The van der Waals surface area contributed by atoms with Gasteiger partial charge in [0.15, 0.2) is 6.29 Å². The van der Waals surface area contributed by atoms with Gasteiger partial charge in [0, 0.05) is 26.2 Å². The number of halogens is 1. The first-order valence-corrected chi connectivity index (χ1v) is 9.96. The quantitative estimate of drug-likeness (QED) is 0.741. The van der Waals surface area contributed by atoms with E-state index in [4.69, 9.17) is 14.2 Å². The van der Waals surface area contributed by atoms with Crippen LogP contribution < -0.4 is 4.90 Å². The lowest BCUT2D eigenvalue weighted by atomic mass is 10.1. The van der Waals surface area contributed by atoms with Gasteiger partial charge in [-0.3, -0.25) is 4.90 Å². The van der Waals surface area contributed by atoms with Gasteiger partial charge < -0.3 is 19.1 Å². The van der Waals surface area contributed by atoms with Crippen molar-refractivity contribution in [3.8, 4) is 0 Å². The largest absolute Gasteiger partial charge is 0.367 e. The van der Waals surface area contributed by atoms with Crippen molar-refractivity contribution >= 4 is 5.69 Å². The molecule has 3 heterocycles. The molecule has 148 valence electrons. The number of hydrogen-bond donors (Lipinski definition) is 0. The molecule has 2 aromatic rings. The van der Waals surface area contributed by atoms with Crippen molar-refractivity contribution in [3.05, 3.63) is 66.0 Å². The van der Waals surface area contributed by atoms with Gasteiger partial charge >= 0.3 is 0 Å². The SMILES string of the molecule is Fc1ccccc1N1CCN([C@H]2CO[C@H](OCc3ccccc3)[C@@H]3O[C@@H]32)CC1. The molecule has 3 aliphatic rings. The van der Waals surface area contributed by atoms with E-state index in [0.717, 1.165) is 31.7 Å². The second kappa shape index (κ2) is 7.79. The molecule has 2 aromatic carbocycles. The molecule has 28 heavy (non-hydrogen) atoms. The molecule has 3 fully saturated rings. The lowest BCUT2D eigenvalue weighted by Gasteiger charge is -2.41. The lowest BCUT2D eigenvalue weighted by molar-refractivity contribution is -0.176. The predicted octanol–water partition coefficient (Wildman–Crippen LogP) is 2.66. The van der Waals surface area contributed by atoms with Crippen LogP contribution in [-0.2, 0) is 20.8 Å². The fraction of sp³-hybridized carbons (Fsp3) is 0.455. The summed E-state index contributed by atoms with van der Waals surface area (Å²) in [5.74, 6) is -0.152. The fourth-order valence-electron chi connectivity index (χ4n) is 4.26. The number of para-hydroxylation sites is 1. The molecule has 0 aliphatic carbocycles. The van der Waals surface area contributed by atoms with E-state index in [9.17, 15) is 4.39 Å². The second-order valence-corrected chi connectivity index (χ2v) is 7.61. The van der Waals surface area contributed by atoms with Gasteiger partial charge in [-0.25, -0.2) is 4.39 Å². The molecule has 5 nitrogen and oxygen atoms in total. The first kappa shape index (κ1) is 18.1. The molecule has 6 heteroatoms. The summed E-state index contributed by atoms with van der Waals surface area (Å²) in [6, 6.07) is 17.4. The van der Waals surface area contributed by atoms with E-state index in [2.05, 4.69) is 9.80 Å². The molecule has 0 N–H and O–H groups in total. The third kappa shape index (κ3) is 3.65. The van der Waals surface area contributed by atoms with Gasteiger partial charge in [-0.05, 0) is 17.7 Å². The second-order valence-electron chi connectivity index (χ2n) is 7.61. The molecule has 3 aliphatic heterocycles. The van der Waals surface area contributed by atoms with Crippen LogP contribution in [0.15, 0.2) is 54.6 Å². The molecule has 0 bridgehead atoms. The summed E-state index contributed by atoms with van der Waals surface area (Å²) in [5, 5.41) is 0. The normalized spacial score (nSPS) is 30.1. The van der Waals surface area contributed by atoms with Crippen molar-refractivity contribution in [2.24, 2.45) is 0 Å². The minimum atomic E-state index is -0.291. The molecule has 4 atom stereocenters. The Morgan fingerprint density at radius 2 is 1.68 bits per heavy atom. The Labute approximate surface area is 164 Å². The van der Waals surface area contributed by atoms with E-state index < -0.39 is 0 Å². The standard InChI is InChI=1S/C22H25FN2O3/c23-17-8-4-5-9-18(17)24-10-12-25(13-11-24)19-15-27-22(21-20(19)28-21)26-14-16-6-2-1-3-7-16/h1-9,19-22H,10-15H2/t19-,20+,21+,22-/m0/s1.